The minimum Gasteiger partial charge on any atom is -0.394 e. The summed E-state index contributed by atoms with van der Waals surface area (Å²) in [6.07, 6.45) is 0. The van der Waals surface area contributed by atoms with Crippen LogP contribution in [0.1, 0.15) is 5.56 Å². The lowest BCUT2D eigenvalue weighted by molar-refractivity contribution is 0.0727. The van der Waals surface area contributed by atoms with Crippen LogP contribution in [-0.4, -0.2) is 37.5 Å². The van der Waals surface area contributed by atoms with E-state index in [4.69, 9.17) is 21.6 Å². The highest BCUT2D eigenvalue weighted by Crippen LogP contribution is 2.29. The molecular weight excluding hydrogens is 240 g/mol. The molecule has 5 heteroatoms. The maximum Gasteiger partial charge on any atom is 0.0992 e. The number of nitriles is 1. The molecule has 0 spiro atoms. The Bertz CT molecular complexity index is 445. The van der Waals surface area contributed by atoms with Crippen LogP contribution in [-0.2, 0) is 4.74 Å². The van der Waals surface area contributed by atoms with Crippen LogP contribution in [0.25, 0.3) is 0 Å². The van der Waals surface area contributed by atoms with E-state index in [0.717, 1.165) is 5.69 Å². The van der Waals surface area contributed by atoms with Crippen molar-refractivity contribution in [3.63, 3.8) is 0 Å². The van der Waals surface area contributed by atoms with Gasteiger partial charge in [-0.2, -0.15) is 5.26 Å². The molecule has 0 radical (unpaired) electrons. The molecule has 90 valence electrons. The van der Waals surface area contributed by atoms with E-state index in [1.165, 1.54) is 0 Å². The maximum absolute atomic E-state index is 9.30. The van der Waals surface area contributed by atoms with Crippen molar-refractivity contribution in [2.24, 2.45) is 0 Å². The molecule has 2 rings (SSSR count). The molecule has 1 fully saturated rings. The standard InChI is InChI=1S/C12H13ClN2O2/c13-11-5-9(6-14)1-2-12(11)15-3-4-17-8-10(15)7-16/h1-2,5,10,16H,3-4,7-8H2. The number of anilines is 1. The van der Waals surface area contributed by atoms with Gasteiger partial charge in [0.15, 0.2) is 0 Å². The number of hydrogen-bond acceptors (Lipinski definition) is 4. The van der Waals surface area contributed by atoms with Crippen molar-refractivity contribution in [3.05, 3.63) is 28.8 Å². The van der Waals surface area contributed by atoms with Crippen molar-refractivity contribution in [1.82, 2.24) is 0 Å². The van der Waals surface area contributed by atoms with Crippen LogP contribution in [0.5, 0.6) is 0 Å². The third-order valence-corrected chi connectivity index (χ3v) is 3.13. The van der Waals surface area contributed by atoms with E-state index in [1.54, 1.807) is 12.1 Å². The Balaban J connectivity index is 2.29. The normalized spacial score (nSPS) is 20.1. The van der Waals surface area contributed by atoms with Gasteiger partial charge in [0.05, 0.1) is 48.2 Å². The summed E-state index contributed by atoms with van der Waals surface area (Å²) in [6, 6.07) is 7.15. The smallest absolute Gasteiger partial charge is 0.0992 e. The third-order valence-electron chi connectivity index (χ3n) is 2.82. The predicted octanol–water partition coefficient (Wildman–Crippen LogP) is 1.41. The zero-order chi connectivity index (χ0) is 12.3. The zero-order valence-electron chi connectivity index (χ0n) is 9.27. The minimum absolute atomic E-state index is 0.0241. The topological polar surface area (TPSA) is 56.5 Å². The second kappa shape index (κ2) is 5.37. The van der Waals surface area contributed by atoms with Crippen molar-refractivity contribution in [2.75, 3.05) is 31.3 Å². The molecule has 0 aliphatic carbocycles. The molecule has 1 heterocycles. The van der Waals surface area contributed by atoms with Gasteiger partial charge in [-0.1, -0.05) is 11.6 Å². The fourth-order valence-electron chi connectivity index (χ4n) is 1.93. The molecule has 1 unspecified atom stereocenters. The van der Waals surface area contributed by atoms with Crippen molar-refractivity contribution in [2.45, 2.75) is 6.04 Å². The van der Waals surface area contributed by atoms with Gasteiger partial charge in [0.25, 0.3) is 0 Å². The molecule has 0 amide bonds. The lowest BCUT2D eigenvalue weighted by Gasteiger charge is -2.36. The van der Waals surface area contributed by atoms with Gasteiger partial charge in [-0.25, -0.2) is 0 Å². The van der Waals surface area contributed by atoms with E-state index < -0.39 is 0 Å². The summed E-state index contributed by atoms with van der Waals surface area (Å²) >= 11 is 6.15. The number of aliphatic hydroxyl groups excluding tert-OH is 1. The van der Waals surface area contributed by atoms with Crippen molar-refractivity contribution < 1.29 is 9.84 Å². The molecule has 0 bridgehead atoms. The van der Waals surface area contributed by atoms with Crippen LogP contribution in [0.3, 0.4) is 0 Å². The SMILES string of the molecule is N#Cc1ccc(N2CCOCC2CO)c(Cl)c1. The van der Waals surface area contributed by atoms with Gasteiger partial charge in [-0.05, 0) is 18.2 Å². The number of morpholine rings is 1. The molecule has 1 N–H and O–H groups in total. The lowest BCUT2D eigenvalue weighted by Crippen LogP contribution is -2.47. The quantitative estimate of drug-likeness (QED) is 0.865. The Morgan fingerprint density at radius 1 is 1.59 bits per heavy atom. The Hall–Kier alpha value is -1.28. The summed E-state index contributed by atoms with van der Waals surface area (Å²) in [5.74, 6) is 0. The van der Waals surface area contributed by atoms with E-state index in [0.29, 0.717) is 30.3 Å². The van der Waals surface area contributed by atoms with Crippen LogP contribution in [0.4, 0.5) is 5.69 Å². The first-order valence-electron chi connectivity index (χ1n) is 5.41. The van der Waals surface area contributed by atoms with Gasteiger partial charge in [0.1, 0.15) is 0 Å². The molecule has 0 saturated carbocycles. The predicted molar refractivity (Wildman–Crippen MR) is 65.2 cm³/mol. The Labute approximate surface area is 105 Å². The van der Waals surface area contributed by atoms with Crippen LogP contribution < -0.4 is 4.90 Å². The number of nitrogens with zero attached hydrogens (tertiary/aromatic N) is 2. The van der Waals surface area contributed by atoms with E-state index in [1.807, 2.05) is 17.0 Å². The average Bonchev–Trinajstić information content (AvgIpc) is 2.38. The van der Waals surface area contributed by atoms with Gasteiger partial charge in [-0.15, -0.1) is 0 Å². The summed E-state index contributed by atoms with van der Waals surface area (Å²) in [7, 11) is 0. The number of halogens is 1. The average molecular weight is 253 g/mol. The summed E-state index contributed by atoms with van der Waals surface area (Å²) in [5.41, 5.74) is 1.38. The van der Waals surface area contributed by atoms with Crippen molar-refractivity contribution in [3.8, 4) is 6.07 Å². The third kappa shape index (κ3) is 2.52. The van der Waals surface area contributed by atoms with Crippen LogP contribution in [0.15, 0.2) is 18.2 Å². The van der Waals surface area contributed by atoms with Crippen LogP contribution in [0, 0.1) is 11.3 Å². The fraction of sp³-hybridized carbons (Fsp3) is 0.417. The van der Waals surface area contributed by atoms with E-state index in [2.05, 4.69) is 0 Å². The minimum atomic E-state index is -0.0748. The Kier molecular flexibility index (Phi) is 3.85. The Morgan fingerprint density at radius 3 is 3.06 bits per heavy atom. The second-order valence-electron chi connectivity index (χ2n) is 3.88. The summed E-state index contributed by atoms with van der Waals surface area (Å²) in [4.78, 5) is 2.02. The molecule has 1 atom stereocenters. The zero-order valence-corrected chi connectivity index (χ0v) is 10.0. The summed E-state index contributed by atoms with van der Waals surface area (Å²) < 4.78 is 5.31. The first kappa shape index (κ1) is 12.2. The Morgan fingerprint density at radius 2 is 2.41 bits per heavy atom. The van der Waals surface area contributed by atoms with E-state index >= 15 is 0 Å². The first-order chi connectivity index (χ1) is 8.26. The highest BCUT2D eigenvalue weighted by Gasteiger charge is 2.24. The molecule has 4 nitrogen and oxygen atoms in total. The molecule has 1 aromatic carbocycles. The van der Waals surface area contributed by atoms with Crippen LogP contribution >= 0.6 is 11.6 Å². The van der Waals surface area contributed by atoms with Crippen LogP contribution in [0.2, 0.25) is 5.02 Å². The highest BCUT2D eigenvalue weighted by atomic mass is 35.5. The number of hydrogen-bond donors (Lipinski definition) is 1. The van der Waals surface area contributed by atoms with Gasteiger partial charge in [-0.3, -0.25) is 0 Å². The maximum atomic E-state index is 9.30. The second-order valence-corrected chi connectivity index (χ2v) is 4.29. The lowest BCUT2D eigenvalue weighted by atomic mass is 10.1. The summed E-state index contributed by atoms with van der Waals surface area (Å²) in [5, 5.41) is 18.6. The van der Waals surface area contributed by atoms with Gasteiger partial charge in [0.2, 0.25) is 0 Å². The largest absolute Gasteiger partial charge is 0.394 e. The molecule has 1 aromatic rings. The number of rotatable bonds is 2. The number of aliphatic hydroxyl groups is 1. The van der Waals surface area contributed by atoms with Crippen molar-refractivity contribution >= 4 is 17.3 Å². The molecule has 1 aliphatic rings. The van der Waals surface area contributed by atoms with Crippen molar-refractivity contribution in [1.29, 1.82) is 5.26 Å². The molecular formula is C12H13ClN2O2. The fourth-order valence-corrected chi connectivity index (χ4v) is 2.22. The molecule has 0 aromatic heterocycles. The molecule has 1 aliphatic heterocycles. The van der Waals surface area contributed by atoms with E-state index in [9.17, 15) is 5.11 Å². The number of ether oxygens (including phenoxy) is 1. The van der Waals surface area contributed by atoms with Gasteiger partial charge >= 0.3 is 0 Å². The van der Waals surface area contributed by atoms with Gasteiger partial charge < -0.3 is 14.7 Å². The number of benzene rings is 1. The molecule has 1 saturated heterocycles. The van der Waals surface area contributed by atoms with Gasteiger partial charge in [0, 0.05) is 6.54 Å². The molecule has 17 heavy (non-hydrogen) atoms. The monoisotopic (exact) mass is 252 g/mol. The first-order valence-corrected chi connectivity index (χ1v) is 5.79. The highest BCUT2D eigenvalue weighted by molar-refractivity contribution is 6.33. The summed E-state index contributed by atoms with van der Waals surface area (Å²) in [6.45, 7) is 1.83. The van der Waals surface area contributed by atoms with E-state index in [-0.39, 0.29) is 12.6 Å².